The van der Waals surface area contributed by atoms with Crippen LogP contribution in [0, 0.1) is 0 Å². The molecule has 0 aliphatic heterocycles. The molecule has 16 heavy (non-hydrogen) atoms. The summed E-state index contributed by atoms with van der Waals surface area (Å²) in [6, 6.07) is 0.725. The molecule has 0 unspecified atom stereocenters. The van der Waals surface area contributed by atoms with Crippen molar-refractivity contribution in [3.05, 3.63) is 0 Å². The van der Waals surface area contributed by atoms with E-state index in [1.807, 2.05) is 0 Å². The van der Waals surface area contributed by atoms with Crippen molar-refractivity contribution in [2.75, 3.05) is 26.7 Å². The Hall–Kier alpha value is -0.290. The Labute approximate surface area is 95.2 Å². The van der Waals surface area contributed by atoms with E-state index >= 15 is 0 Å². The molecule has 1 N–H and O–H groups in total. The van der Waals surface area contributed by atoms with Crippen LogP contribution in [0.15, 0.2) is 0 Å². The van der Waals surface area contributed by atoms with E-state index in [0.29, 0.717) is 0 Å². The van der Waals surface area contributed by atoms with Gasteiger partial charge in [-0.3, -0.25) is 0 Å². The van der Waals surface area contributed by atoms with Gasteiger partial charge in [0.15, 0.2) is 0 Å². The lowest BCUT2D eigenvalue weighted by Gasteiger charge is -2.17. The third kappa shape index (κ3) is 7.93. The molecular weight excluding hydrogens is 217 g/mol. The molecule has 1 rings (SSSR count). The van der Waals surface area contributed by atoms with Crippen molar-refractivity contribution >= 4 is 0 Å². The lowest BCUT2D eigenvalue weighted by molar-refractivity contribution is -0.137. The Morgan fingerprint density at radius 2 is 1.88 bits per heavy atom. The Morgan fingerprint density at radius 1 is 1.19 bits per heavy atom. The molecule has 0 spiro atoms. The van der Waals surface area contributed by atoms with Crippen LogP contribution in [0.2, 0.25) is 0 Å². The summed E-state index contributed by atoms with van der Waals surface area (Å²) in [4.78, 5) is 1.75. The third-order valence-corrected chi connectivity index (χ3v) is 2.75. The van der Waals surface area contributed by atoms with E-state index < -0.39 is 12.6 Å². The molecule has 1 fully saturated rings. The molecule has 0 atom stereocenters. The molecule has 0 aromatic heterocycles. The van der Waals surface area contributed by atoms with Crippen LogP contribution in [0.3, 0.4) is 0 Å². The fourth-order valence-corrected chi connectivity index (χ4v) is 1.53. The average Bonchev–Trinajstić information content (AvgIpc) is 2.97. The minimum Gasteiger partial charge on any atom is -0.314 e. The number of hydrogen-bond donors (Lipinski definition) is 1. The predicted molar refractivity (Wildman–Crippen MR) is 58.4 cm³/mol. The number of hydrogen-bond acceptors (Lipinski definition) is 2. The lowest BCUT2D eigenvalue weighted by Crippen LogP contribution is -2.26. The van der Waals surface area contributed by atoms with Gasteiger partial charge in [-0.15, -0.1) is 0 Å². The van der Waals surface area contributed by atoms with E-state index in [-0.39, 0.29) is 6.54 Å². The van der Waals surface area contributed by atoms with Gasteiger partial charge in [-0.2, -0.15) is 13.2 Å². The lowest BCUT2D eigenvalue weighted by atomic mass is 10.3. The van der Waals surface area contributed by atoms with Crippen LogP contribution in [0.5, 0.6) is 0 Å². The zero-order valence-electron chi connectivity index (χ0n) is 9.82. The summed E-state index contributed by atoms with van der Waals surface area (Å²) in [5.41, 5.74) is 0. The molecule has 1 aliphatic rings. The maximum absolute atomic E-state index is 11.9. The molecule has 0 bridgehead atoms. The van der Waals surface area contributed by atoms with Gasteiger partial charge in [0, 0.05) is 12.6 Å². The van der Waals surface area contributed by atoms with Gasteiger partial charge < -0.3 is 10.2 Å². The fraction of sp³-hybridized carbons (Fsp3) is 1.00. The smallest absolute Gasteiger partial charge is 0.314 e. The number of alkyl halides is 3. The molecule has 0 radical (unpaired) electrons. The first kappa shape index (κ1) is 13.8. The van der Waals surface area contributed by atoms with Crippen LogP contribution in [-0.2, 0) is 0 Å². The van der Waals surface area contributed by atoms with E-state index in [9.17, 15) is 13.2 Å². The zero-order valence-corrected chi connectivity index (χ0v) is 9.82. The minimum absolute atomic E-state index is 0.111. The van der Waals surface area contributed by atoms with Crippen molar-refractivity contribution < 1.29 is 13.2 Å². The van der Waals surface area contributed by atoms with Crippen LogP contribution >= 0.6 is 0 Å². The summed E-state index contributed by atoms with van der Waals surface area (Å²) in [6.07, 6.45) is -0.149. The van der Waals surface area contributed by atoms with Crippen molar-refractivity contribution in [3.63, 3.8) is 0 Å². The number of halogens is 3. The monoisotopic (exact) mass is 238 g/mol. The predicted octanol–water partition coefficient (Wildman–Crippen LogP) is 2.40. The van der Waals surface area contributed by atoms with Crippen molar-refractivity contribution in [3.8, 4) is 0 Å². The van der Waals surface area contributed by atoms with Crippen molar-refractivity contribution in [2.24, 2.45) is 0 Å². The van der Waals surface area contributed by atoms with Gasteiger partial charge in [-0.25, -0.2) is 0 Å². The van der Waals surface area contributed by atoms with E-state index in [2.05, 4.69) is 5.32 Å². The first-order valence-corrected chi connectivity index (χ1v) is 5.96. The highest BCUT2D eigenvalue weighted by Crippen LogP contribution is 2.19. The van der Waals surface area contributed by atoms with Gasteiger partial charge in [0.2, 0.25) is 0 Å². The maximum atomic E-state index is 11.9. The summed E-state index contributed by atoms with van der Waals surface area (Å²) < 4.78 is 35.8. The molecule has 0 heterocycles. The highest BCUT2D eigenvalue weighted by molar-refractivity contribution is 4.80. The van der Waals surface area contributed by atoms with Gasteiger partial charge in [0.05, 0.1) is 6.42 Å². The molecule has 1 aliphatic carbocycles. The topological polar surface area (TPSA) is 15.3 Å². The van der Waals surface area contributed by atoms with E-state index in [1.165, 1.54) is 12.8 Å². The molecule has 0 aromatic carbocycles. The van der Waals surface area contributed by atoms with E-state index in [4.69, 9.17) is 0 Å². The molecule has 0 saturated heterocycles. The third-order valence-electron chi connectivity index (χ3n) is 2.75. The molecule has 1 saturated carbocycles. The van der Waals surface area contributed by atoms with E-state index in [0.717, 1.165) is 32.0 Å². The standard InChI is InChI=1S/C11H21F3N2/c1-16(9-6-11(12,13)14)8-3-2-7-15-10-4-5-10/h10,15H,2-9H2,1H3. The van der Waals surface area contributed by atoms with Crippen LogP contribution in [0.25, 0.3) is 0 Å². The molecule has 0 amide bonds. The Morgan fingerprint density at radius 3 is 2.44 bits per heavy atom. The Balaban J connectivity index is 1.86. The Kier molecular flexibility index (Phi) is 5.55. The summed E-state index contributed by atoms with van der Waals surface area (Å²) >= 11 is 0. The number of nitrogens with one attached hydrogen (secondary N) is 1. The second kappa shape index (κ2) is 6.45. The first-order chi connectivity index (χ1) is 7.47. The number of rotatable bonds is 8. The summed E-state index contributed by atoms with van der Waals surface area (Å²) in [7, 11) is 1.75. The maximum Gasteiger partial charge on any atom is 0.390 e. The highest BCUT2D eigenvalue weighted by atomic mass is 19.4. The van der Waals surface area contributed by atoms with Crippen LogP contribution in [0.4, 0.5) is 13.2 Å². The molecular formula is C11H21F3N2. The normalized spacial score (nSPS) is 17.1. The summed E-state index contributed by atoms with van der Waals surface area (Å²) in [5.74, 6) is 0. The molecule has 96 valence electrons. The molecule has 5 heteroatoms. The van der Waals surface area contributed by atoms with Crippen LogP contribution in [0.1, 0.15) is 32.1 Å². The minimum atomic E-state index is -4.03. The van der Waals surface area contributed by atoms with Crippen molar-refractivity contribution in [2.45, 2.75) is 44.3 Å². The molecule has 2 nitrogen and oxygen atoms in total. The van der Waals surface area contributed by atoms with Crippen molar-refractivity contribution in [1.82, 2.24) is 10.2 Å². The summed E-state index contributed by atoms with van der Waals surface area (Å²) in [5, 5.41) is 3.39. The van der Waals surface area contributed by atoms with Crippen LogP contribution < -0.4 is 5.32 Å². The van der Waals surface area contributed by atoms with Gasteiger partial charge >= 0.3 is 6.18 Å². The van der Waals surface area contributed by atoms with Gasteiger partial charge in [-0.1, -0.05) is 0 Å². The van der Waals surface area contributed by atoms with Gasteiger partial charge in [-0.05, 0) is 45.8 Å². The number of nitrogens with zero attached hydrogens (tertiary/aromatic N) is 1. The van der Waals surface area contributed by atoms with E-state index in [1.54, 1.807) is 11.9 Å². The molecule has 0 aromatic rings. The van der Waals surface area contributed by atoms with Gasteiger partial charge in [0.1, 0.15) is 0 Å². The fourth-order valence-electron chi connectivity index (χ4n) is 1.53. The zero-order chi connectivity index (χ0) is 12.0. The first-order valence-electron chi connectivity index (χ1n) is 5.96. The largest absolute Gasteiger partial charge is 0.390 e. The highest BCUT2D eigenvalue weighted by Gasteiger charge is 2.26. The second-order valence-electron chi connectivity index (χ2n) is 4.60. The van der Waals surface area contributed by atoms with Crippen molar-refractivity contribution in [1.29, 1.82) is 0 Å². The second-order valence-corrected chi connectivity index (χ2v) is 4.60. The van der Waals surface area contributed by atoms with Crippen LogP contribution in [-0.4, -0.2) is 43.8 Å². The number of unbranched alkanes of at least 4 members (excludes halogenated alkanes) is 1. The average molecular weight is 238 g/mol. The summed E-state index contributed by atoms with van der Waals surface area (Å²) in [6.45, 7) is 1.86. The Bertz CT molecular complexity index is 190. The SMILES string of the molecule is CN(CCCCNC1CC1)CCC(F)(F)F. The van der Waals surface area contributed by atoms with Gasteiger partial charge in [0.25, 0.3) is 0 Å². The quantitative estimate of drug-likeness (QED) is 0.653.